The van der Waals surface area contributed by atoms with Crippen LogP contribution in [0.1, 0.15) is 49.8 Å². The Labute approximate surface area is 127 Å². The molecule has 8 heteroatoms. The standard InChI is InChI=1S/C14H22F3N5/c1-22-9-10(12(21-22)14(15,16)17)8-19-13(18)20-11-6-4-2-3-5-7-11/h9,11H,2-8H2,1H3,(H3,18,19,20). The first-order valence-corrected chi connectivity index (χ1v) is 7.52. The van der Waals surface area contributed by atoms with Gasteiger partial charge in [-0.05, 0) is 12.8 Å². The Morgan fingerprint density at radius 1 is 1.36 bits per heavy atom. The molecule has 1 heterocycles. The van der Waals surface area contributed by atoms with Gasteiger partial charge in [0.15, 0.2) is 11.7 Å². The minimum atomic E-state index is -4.48. The lowest BCUT2D eigenvalue weighted by atomic mass is 10.1. The number of hydrogen-bond acceptors (Lipinski definition) is 2. The van der Waals surface area contributed by atoms with Crippen LogP contribution < -0.4 is 11.1 Å². The summed E-state index contributed by atoms with van der Waals surface area (Å²) in [5.41, 5.74) is 4.93. The van der Waals surface area contributed by atoms with Gasteiger partial charge in [-0.1, -0.05) is 25.7 Å². The molecule has 1 aromatic rings. The Morgan fingerprint density at radius 2 is 2.00 bits per heavy atom. The van der Waals surface area contributed by atoms with Crippen molar-refractivity contribution in [3.63, 3.8) is 0 Å². The van der Waals surface area contributed by atoms with Crippen molar-refractivity contribution in [1.82, 2.24) is 15.1 Å². The van der Waals surface area contributed by atoms with Crippen molar-refractivity contribution in [1.29, 1.82) is 0 Å². The fourth-order valence-electron chi connectivity index (χ4n) is 2.74. The van der Waals surface area contributed by atoms with Gasteiger partial charge in [0.1, 0.15) is 0 Å². The highest BCUT2D eigenvalue weighted by Gasteiger charge is 2.36. The van der Waals surface area contributed by atoms with Gasteiger partial charge in [-0.2, -0.15) is 18.3 Å². The summed E-state index contributed by atoms with van der Waals surface area (Å²) >= 11 is 0. The molecule has 0 bridgehead atoms. The van der Waals surface area contributed by atoms with E-state index in [9.17, 15) is 13.2 Å². The summed E-state index contributed by atoms with van der Waals surface area (Å²) in [7, 11) is 1.45. The average molecular weight is 317 g/mol. The largest absolute Gasteiger partial charge is 0.435 e. The topological polar surface area (TPSA) is 68.2 Å². The molecule has 0 aromatic carbocycles. The summed E-state index contributed by atoms with van der Waals surface area (Å²) in [4.78, 5) is 4.04. The average Bonchev–Trinajstić information content (AvgIpc) is 2.64. The van der Waals surface area contributed by atoms with E-state index in [1.54, 1.807) is 0 Å². The Kier molecular flexibility index (Phi) is 5.31. The van der Waals surface area contributed by atoms with E-state index in [0.717, 1.165) is 30.4 Å². The second-order valence-corrected chi connectivity index (χ2v) is 5.71. The summed E-state index contributed by atoms with van der Waals surface area (Å²) in [5.74, 6) is 0.198. The van der Waals surface area contributed by atoms with E-state index >= 15 is 0 Å². The Balaban J connectivity index is 1.98. The SMILES string of the molecule is Cn1cc(CN=C(N)NC2CCCCCC2)c(C(F)(F)F)n1. The predicted molar refractivity (Wildman–Crippen MR) is 78.2 cm³/mol. The molecular weight excluding hydrogens is 295 g/mol. The van der Waals surface area contributed by atoms with Crippen molar-refractivity contribution in [3.05, 3.63) is 17.5 Å². The van der Waals surface area contributed by atoms with Crippen LogP contribution in [0, 0.1) is 0 Å². The van der Waals surface area contributed by atoms with Crippen LogP contribution in [0.5, 0.6) is 0 Å². The summed E-state index contributed by atoms with van der Waals surface area (Å²) in [5, 5.41) is 6.56. The van der Waals surface area contributed by atoms with E-state index in [-0.39, 0.29) is 24.1 Å². The number of nitrogens with one attached hydrogen (secondary N) is 1. The monoisotopic (exact) mass is 317 g/mol. The molecular formula is C14H22F3N5. The zero-order valence-electron chi connectivity index (χ0n) is 12.7. The highest BCUT2D eigenvalue weighted by Crippen LogP contribution is 2.30. The van der Waals surface area contributed by atoms with E-state index in [2.05, 4.69) is 15.4 Å². The number of aryl methyl sites for hydroxylation is 1. The molecule has 1 aliphatic rings. The molecule has 1 aromatic heterocycles. The summed E-state index contributed by atoms with van der Waals surface area (Å²) in [6.45, 7) is -0.131. The van der Waals surface area contributed by atoms with Gasteiger partial charge in [0, 0.05) is 24.8 Å². The molecule has 22 heavy (non-hydrogen) atoms. The number of guanidine groups is 1. The fourth-order valence-corrected chi connectivity index (χ4v) is 2.74. The molecule has 1 fully saturated rings. The summed E-state index contributed by atoms with van der Waals surface area (Å²) in [6.07, 6.45) is 3.63. The number of hydrogen-bond donors (Lipinski definition) is 2. The van der Waals surface area contributed by atoms with E-state index in [1.807, 2.05) is 0 Å². The smallest absolute Gasteiger partial charge is 0.370 e. The number of nitrogens with two attached hydrogens (primary N) is 1. The van der Waals surface area contributed by atoms with Crippen LogP contribution in [-0.2, 0) is 19.8 Å². The van der Waals surface area contributed by atoms with Crippen LogP contribution in [0.2, 0.25) is 0 Å². The van der Waals surface area contributed by atoms with Crippen LogP contribution in [0.15, 0.2) is 11.2 Å². The van der Waals surface area contributed by atoms with Crippen molar-refractivity contribution >= 4 is 5.96 Å². The molecule has 124 valence electrons. The van der Waals surface area contributed by atoms with Crippen molar-refractivity contribution in [2.45, 2.75) is 57.3 Å². The normalized spacial score (nSPS) is 18.3. The Hall–Kier alpha value is -1.73. The predicted octanol–water partition coefficient (Wildman–Crippen LogP) is 2.57. The molecule has 0 radical (unpaired) electrons. The summed E-state index contributed by atoms with van der Waals surface area (Å²) in [6, 6.07) is 0.266. The van der Waals surface area contributed by atoms with Crippen molar-refractivity contribution in [2.75, 3.05) is 0 Å². The summed E-state index contributed by atoms with van der Waals surface area (Å²) < 4.78 is 39.6. The third kappa shape index (κ3) is 4.64. The maximum atomic E-state index is 12.8. The molecule has 0 spiro atoms. The number of alkyl halides is 3. The van der Waals surface area contributed by atoms with Crippen LogP contribution in [0.4, 0.5) is 13.2 Å². The number of nitrogens with zero attached hydrogens (tertiary/aromatic N) is 3. The maximum absolute atomic E-state index is 12.8. The zero-order valence-corrected chi connectivity index (χ0v) is 12.7. The lowest BCUT2D eigenvalue weighted by molar-refractivity contribution is -0.142. The van der Waals surface area contributed by atoms with Gasteiger partial charge in [0.25, 0.3) is 0 Å². The molecule has 0 atom stereocenters. The van der Waals surface area contributed by atoms with Gasteiger partial charge in [0.05, 0.1) is 6.54 Å². The minimum Gasteiger partial charge on any atom is -0.370 e. The van der Waals surface area contributed by atoms with E-state index in [1.165, 1.54) is 26.1 Å². The first-order chi connectivity index (χ1) is 10.4. The number of halogens is 3. The molecule has 0 unspecified atom stereocenters. The van der Waals surface area contributed by atoms with Crippen LogP contribution >= 0.6 is 0 Å². The molecule has 1 saturated carbocycles. The molecule has 5 nitrogen and oxygen atoms in total. The van der Waals surface area contributed by atoms with Crippen molar-refractivity contribution in [3.8, 4) is 0 Å². The molecule has 2 rings (SSSR count). The molecule has 1 aliphatic carbocycles. The third-order valence-corrected chi connectivity index (χ3v) is 3.80. The lowest BCUT2D eigenvalue weighted by Gasteiger charge is -2.16. The number of aromatic nitrogens is 2. The fraction of sp³-hybridized carbons (Fsp3) is 0.714. The quantitative estimate of drug-likeness (QED) is 0.511. The van der Waals surface area contributed by atoms with Gasteiger partial charge in [-0.25, -0.2) is 4.99 Å². The van der Waals surface area contributed by atoms with Gasteiger partial charge in [-0.3, -0.25) is 4.68 Å². The van der Waals surface area contributed by atoms with Crippen LogP contribution in [0.25, 0.3) is 0 Å². The first kappa shape index (κ1) is 16.6. The maximum Gasteiger partial charge on any atom is 0.435 e. The van der Waals surface area contributed by atoms with Crippen LogP contribution in [0.3, 0.4) is 0 Å². The Morgan fingerprint density at radius 3 is 2.59 bits per heavy atom. The second-order valence-electron chi connectivity index (χ2n) is 5.71. The van der Waals surface area contributed by atoms with E-state index in [0.29, 0.717) is 0 Å². The van der Waals surface area contributed by atoms with Crippen molar-refractivity contribution < 1.29 is 13.2 Å². The molecule has 0 saturated heterocycles. The highest BCUT2D eigenvalue weighted by atomic mass is 19.4. The molecule has 3 N–H and O–H groups in total. The third-order valence-electron chi connectivity index (χ3n) is 3.80. The number of rotatable bonds is 3. The van der Waals surface area contributed by atoms with Gasteiger partial charge >= 0.3 is 6.18 Å². The van der Waals surface area contributed by atoms with E-state index < -0.39 is 11.9 Å². The molecule has 0 aliphatic heterocycles. The first-order valence-electron chi connectivity index (χ1n) is 7.52. The lowest BCUT2D eigenvalue weighted by Crippen LogP contribution is -2.39. The van der Waals surface area contributed by atoms with Gasteiger partial charge in [-0.15, -0.1) is 0 Å². The van der Waals surface area contributed by atoms with Gasteiger partial charge < -0.3 is 11.1 Å². The van der Waals surface area contributed by atoms with Crippen LogP contribution in [-0.4, -0.2) is 21.8 Å². The van der Waals surface area contributed by atoms with Gasteiger partial charge in [0.2, 0.25) is 0 Å². The minimum absolute atomic E-state index is 0.0283. The molecule has 0 amide bonds. The van der Waals surface area contributed by atoms with Crippen molar-refractivity contribution in [2.24, 2.45) is 17.8 Å². The van der Waals surface area contributed by atoms with E-state index in [4.69, 9.17) is 5.73 Å². The zero-order chi connectivity index (χ0) is 16.2. The number of aliphatic imine (C=N–C) groups is 1. The highest BCUT2D eigenvalue weighted by molar-refractivity contribution is 5.78. The Bertz CT molecular complexity index is 513. The second kappa shape index (κ2) is 7.02.